The third-order valence-electron chi connectivity index (χ3n) is 6.58. The summed E-state index contributed by atoms with van der Waals surface area (Å²) in [6, 6.07) is 4.79. The van der Waals surface area contributed by atoms with Crippen LogP contribution in [-0.4, -0.2) is 40.9 Å². The molecule has 182 valence electrons. The van der Waals surface area contributed by atoms with Gasteiger partial charge in [0.15, 0.2) is 12.0 Å². The van der Waals surface area contributed by atoms with Crippen LogP contribution in [0.25, 0.3) is 0 Å². The number of nitrogens with two attached hydrogens (primary N) is 1. The number of ether oxygens (including phenoxy) is 2. The summed E-state index contributed by atoms with van der Waals surface area (Å²) in [6.07, 6.45) is 13.2. The fraction of sp³-hybridized carbons (Fsp3) is 0.423. The lowest BCUT2D eigenvalue weighted by Crippen LogP contribution is -2.48. The molecule has 0 spiro atoms. The highest BCUT2D eigenvalue weighted by atomic mass is 35.5. The molecule has 0 bridgehead atoms. The van der Waals surface area contributed by atoms with Crippen molar-refractivity contribution in [3.63, 3.8) is 0 Å². The molecule has 2 N–H and O–H groups in total. The number of likely N-dealkylation sites (tertiary alicyclic amines) is 1. The number of nitrogens with zero attached hydrogens (tertiary/aromatic N) is 2. The van der Waals surface area contributed by atoms with Crippen LogP contribution in [0.1, 0.15) is 44.6 Å². The molecule has 4 rings (SSSR count). The lowest BCUT2D eigenvalue weighted by Gasteiger charge is -2.42. The van der Waals surface area contributed by atoms with E-state index < -0.39 is 0 Å². The van der Waals surface area contributed by atoms with Crippen molar-refractivity contribution in [2.45, 2.75) is 57.7 Å². The van der Waals surface area contributed by atoms with Crippen LogP contribution < -0.4 is 5.73 Å². The maximum Gasteiger partial charge on any atom is 0.232 e. The SMILES string of the molecule is CC(CC(N)=O)N1CCC(N(Cc2cc(Cl)ccc2F)C2=COC=C(C3=CC=CCC3)O2)CC1. The zero-order valence-corrected chi connectivity index (χ0v) is 20.1. The first kappa shape index (κ1) is 24.4. The first-order valence-corrected chi connectivity index (χ1v) is 12.1. The monoisotopic (exact) mass is 487 g/mol. The Kier molecular flexibility index (Phi) is 7.95. The van der Waals surface area contributed by atoms with Crippen molar-refractivity contribution in [3.8, 4) is 0 Å². The third kappa shape index (κ3) is 6.02. The Morgan fingerprint density at radius 3 is 2.82 bits per heavy atom. The number of primary amides is 1. The second-order valence-corrected chi connectivity index (χ2v) is 9.42. The number of carbonyl (C=O) groups excluding carboxylic acids is 1. The van der Waals surface area contributed by atoms with Crippen molar-refractivity contribution in [2.75, 3.05) is 13.1 Å². The van der Waals surface area contributed by atoms with Crippen LogP contribution in [0.5, 0.6) is 0 Å². The first-order valence-electron chi connectivity index (χ1n) is 11.7. The predicted molar refractivity (Wildman–Crippen MR) is 130 cm³/mol. The number of carbonyl (C=O) groups is 1. The Balaban J connectivity index is 1.52. The smallest absolute Gasteiger partial charge is 0.232 e. The van der Waals surface area contributed by atoms with Crippen LogP contribution in [0, 0.1) is 5.82 Å². The van der Waals surface area contributed by atoms with Crippen molar-refractivity contribution >= 4 is 17.5 Å². The average Bonchev–Trinajstić information content (AvgIpc) is 2.85. The van der Waals surface area contributed by atoms with Crippen molar-refractivity contribution in [3.05, 3.63) is 82.6 Å². The van der Waals surface area contributed by atoms with Crippen molar-refractivity contribution < 1.29 is 18.7 Å². The molecule has 2 aliphatic heterocycles. The zero-order chi connectivity index (χ0) is 24.1. The Hall–Kier alpha value is -2.77. The number of halogens is 2. The number of hydrogen-bond acceptors (Lipinski definition) is 5. The number of allylic oxidation sites excluding steroid dienone is 4. The van der Waals surface area contributed by atoms with E-state index in [4.69, 9.17) is 26.8 Å². The highest BCUT2D eigenvalue weighted by Crippen LogP contribution is 2.32. The second-order valence-electron chi connectivity index (χ2n) is 8.99. The molecule has 1 fully saturated rings. The molecule has 6 nitrogen and oxygen atoms in total. The van der Waals surface area contributed by atoms with Gasteiger partial charge in [0.05, 0.1) is 0 Å². The van der Waals surface area contributed by atoms with Crippen LogP contribution in [0.4, 0.5) is 4.39 Å². The zero-order valence-electron chi connectivity index (χ0n) is 19.4. The van der Waals surface area contributed by atoms with Gasteiger partial charge in [0.2, 0.25) is 11.8 Å². The van der Waals surface area contributed by atoms with Gasteiger partial charge in [0, 0.05) is 48.7 Å². The molecule has 1 aromatic carbocycles. The minimum absolute atomic E-state index is 0.0894. The van der Waals surface area contributed by atoms with E-state index in [1.165, 1.54) is 6.07 Å². The summed E-state index contributed by atoms with van der Waals surface area (Å²) in [5.74, 6) is 0.619. The molecule has 34 heavy (non-hydrogen) atoms. The molecule has 8 heteroatoms. The number of rotatable bonds is 8. The highest BCUT2D eigenvalue weighted by molar-refractivity contribution is 6.30. The molecule has 0 saturated carbocycles. The average molecular weight is 488 g/mol. The van der Waals surface area contributed by atoms with Crippen LogP contribution in [0.3, 0.4) is 0 Å². The normalized spacial score (nSPS) is 19.9. The topological polar surface area (TPSA) is 68.0 Å². The summed E-state index contributed by atoms with van der Waals surface area (Å²) < 4.78 is 26.6. The maximum absolute atomic E-state index is 14.7. The molecule has 3 aliphatic rings. The Labute approximate surface area is 205 Å². The second kappa shape index (κ2) is 11.1. The summed E-state index contributed by atoms with van der Waals surface area (Å²) in [6.45, 7) is 3.93. The summed E-state index contributed by atoms with van der Waals surface area (Å²) in [5, 5.41) is 0.487. The van der Waals surface area contributed by atoms with Gasteiger partial charge in [-0.05, 0) is 56.4 Å². The minimum Gasteiger partial charge on any atom is -0.463 e. The van der Waals surface area contributed by atoms with Gasteiger partial charge in [-0.15, -0.1) is 0 Å². The summed E-state index contributed by atoms with van der Waals surface area (Å²) in [4.78, 5) is 15.7. The van der Waals surface area contributed by atoms with Gasteiger partial charge in [-0.25, -0.2) is 4.39 Å². The van der Waals surface area contributed by atoms with E-state index in [-0.39, 0.29) is 23.8 Å². The molecule has 1 saturated heterocycles. The lowest BCUT2D eigenvalue weighted by molar-refractivity contribution is -0.119. The molecule has 0 radical (unpaired) electrons. The largest absolute Gasteiger partial charge is 0.463 e. The highest BCUT2D eigenvalue weighted by Gasteiger charge is 2.31. The molecule has 1 aromatic rings. The van der Waals surface area contributed by atoms with Crippen LogP contribution in [-0.2, 0) is 20.8 Å². The summed E-state index contributed by atoms with van der Waals surface area (Å²) in [5.41, 5.74) is 6.95. The van der Waals surface area contributed by atoms with Crippen LogP contribution in [0.15, 0.2) is 66.2 Å². The van der Waals surface area contributed by atoms with Gasteiger partial charge in [0.25, 0.3) is 0 Å². The van der Waals surface area contributed by atoms with E-state index in [9.17, 15) is 9.18 Å². The van der Waals surface area contributed by atoms with Crippen LogP contribution in [0.2, 0.25) is 5.02 Å². The van der Waals surface area contributed by atoms with E-state index in [0.717, 1.165) is 44.3 Å². The maximum atomic E-state index is 14.7. The van der Waals surface area contributed by atoms with E-state index in [1.54, 1.807) is 24.7 Å². The fourth-order valence-corrected chi connectivity index (χ4v) is 4.88. The standard InChI is InChI=1S/C26H31ClFN3O3/c1-18(13-25(29)32)30-11-9-22(10-12-30)31(15-20-14-21(27)7-8-23(20)28)26-17-33-16-24(34-26)19-5-3-2-4-6-19/h2-3,5,7-8,14,16-18,22H,4,6,9-13,15H2,1H3,(H2,29,32). The summed E-state index contributed by atoms with van der Waals surface area (Å²) in [7, 11) is 0. The molecule has 1 aliphatic carbocycles. The Morgan fingerprint density at radius 1 is 1.32 bits per heavy atom. The Morgan fingerprint density at radius 2 is 2.12 bits per heavy atom. The molecule has 1 amide bonds. The quantitative estimate of drug-likeness (QED) is 0.560. The van der Waals surface area contributed by atoms with Gasteiger partial charge < -0.3 is 20.1 Å². The minimum atomic E-state index is -0.310. The molecular weight excluding hydrogens is 457 g/mol. The molecule has 0 aromatic heterocycles. The number of benzene rings is 1. The van der Waals surface area contributed by atoms with E-state index in [2.05, 4.69) is 15.9 Å². The first-order chi connectivity index (χ1) is 16.4. The lowest BCUT2D eigenvalue weighted by atomic mass is 10.00. The molecule has 2 heterocycles. The van der Waals surface area contributed by atoms with Crippen LogP contribution >= 0.6 is 11.6 Å². The van der Waals surface area contributed by atoms with Gasteiger partial charge in [-0.3, -0.25) is 9.69 Å². The summed E-state index contributed by atoms with van der Waals surface area (Å²) >= 11 is 6.17. The van der Waals surface area contributed by atoms with E-state index in [0.29, 0.717) is 35.2 Å². The fourth-order valence-electron chi connectivity index (χ4n) is 4.68. The van der Waals surface area contributed by atoms with Gasteiger partial charge >= 0.3 is 0 Å². The van der Waals surface area contributed by atoms with Gasteiger partial charge in [-0.2, -0.15) is 0 Å². The molecule has 1 atom stereocenters. The van der Waals surface area contributed by atoms with Crippen molar-refractivity contribution in [2.24, 2.45) is 5.73 Å². The number of hydrogen-bond donors (Lipinski definition) is 1. The molecular formula is C26H31ClFN3O3. The van der Waals surface area contributed by atoms with Gasteiger partial charge in [-0.1, -0.05) is 29.8 Å². The van der Waals surface area contributed by atoms with Crippen molar-refractivity contribution in [1.29, 1.82) is 0 Å². The van der Waals surface area contributed by atoms with E-state index >= 15 is 0 Å². The predicted octanol–water partition coefficient (Wildman–Crippen LogP) is 4.97. The Bertz CT molecular complexity index is 1030. The molecule has 1 unspecified atom stereocenters. The number of piperidine rings is 1. The van der Waals surface area contributed by atoms with Crippen molar-refractivity contribution in [1.82, 2.24) is 9.80 Å². The van der Waals surface area contributed by atoms with Gasteiger partial charge in [0.1, 0.15) is 12.1 Å². The van der Waals surface area contributed by atoms with E-state index in [1.807, 2.05) is 19.1 Å². The third-order valence-corrected chi connectivity index (χ3v) is 6.82. The number of amides is 1.